The molecular formula is C13H13N3O3S. The largest absolute Gasteiger partial charge is 0.479 e. The first-order chi connectivity index (χ1) is 9.56. The molecule has 0 fully saturated rings. The second kappa shape index (κ2) is 6.16. The number of carboxylic acids is 1. The van der Waals surface area contributed by atoms with Crippen LogP contribution in [0.15, 0.2) is 35.7 Å². The number of hydrogen-bond donors (Lipinski definition) is 3. The van der Waals surface area contributed by atoms with Gasteiger partial charge in [-0.2, -0.15) is 0 Å². The standard InChI is InChI=1S/C13H13N3O3S/c14-13-15-9(7-20-13)6-10(17)16-11(12(18)19)8-4-2-1-3-5-8/h1-5,7,11H,6H2,(H2,14,15)(H,16,17)(H,18,19)/t11-/m0/s1. The number of nitrogens with two attached hydrogens (primary N) is 1. The van der Waals surface area contributed by atoms with Crippen LogP contribution >= 0.6 is 11.3 Å². The minimum atomic E-state index is -1.11. The van der Waals surface area contributed by atoms with Crippen molar-refractivity contribution in [2.24, 2.45) is 0 Å². The lowest BCUT2D eigenvalue weighted by Gasteiger charge is -2.14. The molecule has 7 heteroatoms. The van der Waals surface area contributed by atoms with Crippen molar-refractivity contribution < 1.29 is 14.7 Å². The molecule has 20 heavy (non-hydrogen) atoms. The maximum Gasteiger partial charge on any atom is 0.330 e. The number of anilines is 1. The Hall–Kier alpha value is -2.41. The molecule has 2 rings (SSSR count). The van der Waals surface area contributed by atoms with Gasteiger partial charge in [0, 0.05) is 5.38 Å². The molecule has 2 aromatic rings. The number of carbonyl (C=O) groups is 2. The summed E-state index contributed by atoms with van der Waals surface area (Å²) in [6, 6.07) is 7.46. The molecule has 0 spiro atoms. The van der Waals surface area contributed by atoms with E-state index in [1.54, 1.807) is 35.7 Å². The Morgan fingerprint density at radius 2 is 2.05 bits per heavy atom. The van der Waals surface area contributed by atoms with Crippen LogP contribution in [0.1, 0.15) is 17.3 Å². The van der Waals surface area contributed by atoms with E-state index in [4.69, 9.17) is 5.73 Å². The third kappa shape index (κ3) is 3.55. The Kier molecular flexibility index (Phi) is 4.31. The van der Waals surface area contributed by atoms with Gasteiger partial charge in [-0.1, -0.05) is 30.3 Å². The lowest BCUT2D eigenvalue weighted by atomic mass is 10.1. The number of carbonyl (C=O) groups excluding carboxylic acids is 1. The van der Waals surface area contributed by atoms with Crippen molar-refractivity contribution >= 4 is 28.3 Å². The Balaban J connectivity index is 2.05. The zero-order chi connectivity index (χ0) is 14.5. The maximum atomic E-state index is 11.9. The molecule has 0 aliphatic heterocycles. The summed E-state index contributed by atoms with van der Waals surface area (Å²) in [5.41, 5.74) is 6.53. The van der Waals surface area contributed by atoms with E-state index < -0.39 is 17.9 Å². The first-order valence-electron chi connectivity index (χ1n) is 5.83. The fraction of sp³-hybridized carbons (Fsp3) is 0.154. The van der Waals surface area contributed by atoms with Crippen molar-refractivity contribution in [1.82, 2.24) is 10.3 Å². The monoisotopic (exact) mass is 291 g/mol. The van der Waals surface area contributed by atoms with Crippen molar-refractivity contribution in [3.63, 3.8) is 0 Å². The number of nitrogen functional groups attached to an aromatic ring is 1. The van der Waals surface area contributed by atoms with Crippen LogP contribution in [0.2, 0.25) is 0 Å². The van der Waals surface area contributed by atoms with Gasteiger partial charge in [0.25, 0.3) is 0 Å². The summed E-state index contributed by atoms with van der Waals surface area (Å²) in [7, 11) is 0. The predicted molar refractivity (Wildman–Crippen MR) is 75.2 cm³/mol. The zero-order valence-electron chi connectivity index (χ0n) is 10.4. The van der Waals surface area contributed by atoms with E-state index in [1.807, 2.05) is 0 Å². The molecule has 1 aromatic heterocycles. The summed E-state index contributed by atoms with van der Waals surface area (Å²) in [6.45, 7) is 0. The molecule has 0 saturated carbocycles. The third-order valence-corrected chi connectivity index (χ3v) is 3.32. The topological polar surface area (TPSA) is 105 Å². The van der Waals surface area contributed by atoms with Crippen molar-refractivity contribution in [2.75, 3.05) is 5.73 Å². The molecule has 1 amide bonds. The summed E-state index contributed by atoms with van der Waals surface area (Å²) >= 11 is 1.24. The number of thiazole rings is 1. The van der Waals surface area contributed by atoms with Gasteiger partial charge in [-0.3, -0.25) is 4.79 Å². The van der Waals surface area contributed by atoms with E-state index in [1.165, 1.54) is 11.3 Å². The second-order valence-corrected chi connectivity index (χ2v) is 4.99. The lowest BCUT2D eigenvalue weighted by Crippen LogP contribution is -2.34. The molecule has 0 unspecified atom stereocenters. The Morgan fingerprint density at radius 3 is 2.60 bits per heavy atom. The summed E-state index contributed by atoms with van der Waals surface area (Å²) in [5.74, 6) is -1.52. The van der Waals surface area contributed by atoms with Crippen molar-refractivity contribution in [3.05, 3.63) is 47.0 Å². The van der Waals surface area contributed by atoms with Gasteiger partial charge in [-0.25, -0.2) is 9.78 Å². The number of aliphatic carboxylic acids is 1. The van der Waals surface area contributed by atoms with Gasteiger partial charge in [-0.15, -0.1) is 11.3 Å². The molecule has 0 bridgehead atoms. The van der Waals surface area contributed by atoms with Crippen LogP contribution in [0, 0.1) is 0 Å². The van der Waals surface area contributed by atoms with Crippen molar-refractivity contribution in [3.8, 4) is 0 Å². The number of amides is 1. The molecule has 0 radical (unpaired) electrons. The number of hydrogen-bond acceptors (Lipinski definition) is 5. The number of nitrogens with one attached hydrogen (secondary N) is 1. The first kappa shape index (κ1) is 14.0. The molecule has 104 valence electrons. The van der Waals surface area contributed by atoms with E-state index in [2.05, 4.69) is 10.3 Å². The van der Waals surface area contributed by atoms with Gasteiger partial charge >= 0.3 is 5.97 Å². The Bertz CT molecular complexity index is 612. The van der Waals surface area contributed by atoms with Crippen molar-refractivity contribution in [1.29, 1.82) is 0 Å². The Labute approximate surface area is 119 Å². The summed E-state index contributed by atoms with van der Waals surface area (Å²) in [6.07, 6.45) is 0.00428. The maximum absolute atomic E-state index is 11.9. The van der Waals surface area contributed by atoms with E-state index in [0.717, 1.165) is 0 Å². The van der Waals surface area contributed by atoms with E-state index >= 15 is 0 Å². The van der Waals surface area contributed by atoms with Crippen LogP contribution < -0.4 is 11.1 Å². The van der Waals surface area contributed by atoms with Gasteiger partial charge < -0.3 is 16.2 Å². The third-order valence-electron chi connectivity index (χ3n) is 2.60. The SMILES string of the molecule is Nc1nc(CC(=O)N[C@H](C(=O)O)c2ccccc2)cs1. The van der Waals surface area contributed by atoms with Crippen LogP contribution in [-0.4, -0.2) is 22.0 Å². The van der Waals surface area contributed by atoms with E-state index in [9.17, 15) is 14.7 Å². The van der Waals surface area contributed by atoms with Crippen LogP contribution in [0.25, 0.3) is 0 Å². The molecule has 0 aliphatic rings. The average Bonchev–Trinajstić information content (AvgIpc) is 2.82. The highest BCUT2D eigenvalue weighted by Crippen LogP contribution is 2.14. The zero-order valence-corrected chi connectivity index (χ0v) is 11.3. The first-order valence-corrected chi connectivity index (χ1v) is 6.71. The number of carboxylic acid groups (broad SMARTS) is 1. The summed E-state index contributed by atoms with van der Waals surface area (Å²) in [4.78, 5) is 27.1. The van der Waals surface area contributed by atoms with Crippen LogP contribution in [0.3, 0.4) is 0 Å². The van der Waals surface area contributed by atoms with E-state index in [0.29, 0.717) is 16.4 Å². The lowest BCUT2D eigenvalue weighted by molar-refractivity contribution is -0.142. The van der Waals surface area contributed by atoms with Gasteiger partial charge in [-0.05, 0) is 5.56 Å². The van der Waals surface area contributed by atoms with Gasteiger partial charge in [0.2, 0.25) is 5.91 Å². The minimum absolute atomic E-state index is 0.00428. The average molecular weight is 291 g/mol. The van der Waals surface area contributed by atoms with Crippen molar-refractivity contribution in [2.45, 2.75) is 12.5 Å². The number of aromatic nitrogens is 1. The van der Waals surface area contributed by atoms with Gasteiger partial charge in [0.1, 0.15) is 0 Å². The number of rotatable bonds is 5. The number of benzene rings is 1. The molecule has 1 aromatic carbocycles. The minimum Gasteiger partial charge on any atom is -0.479 e. The molecular weight excluding hydrogens is 278 g/mol. The highest BCUT2D eigenvalue weighted by Gasteiger charge is 2.22. The fourth-order valence-corrected chi connectivity index (χ4v) is 2.28. The van der Waals surface area contributed by atoms with E-state index in [-0.39, 0.29) is 6.42 Å². The van der Waals surface area contributed by atoms with Crippen LogP contribution in [0.5, 0.6) is 0 Å². The summed E-state index contributed by atoms with van der Waals surface area (Å²) < 4.78 is 0. The highest BCUT2D eigenvalue weighted by molar-refractivity contribution is 7.13. The normalized spacial score (nSPS) is 11.8. The molecule has 1 heterocycles. The molecule has 0 saturated heterocycles. The Morgan fingerprint density at radius 1 is 1.35 bits per heavy atom. The van der Waals surface area contributed by atoms with Crippen LogP contribution in [0.4, 0.5) is 5.13 Å². The quantitative estimate of drug-likeness (QED) is 0.768. The van der Waals surface area contributed by atoms with Gasteiger partial charge in [0.05, 0.1) is 12.1 Å². The number of nitrogens with zero attached hydrogens (tertiary/aromatic N) is 1. The predicted octanol–water partition coefficient (Wildman–Crippen LogP) is 1.21. The molecule has 6 nitrogen and oxygen atoms in total. The smallest absolute Gasteiger partial charge is 0.330 e. The molecule has 1 atom stereocenters. The summed E-state index contributed by atoms with van der Waals surface area (Å²) in [5, 5.41) is 13.7. The second-order valence-electron chi connectivity index (χ2n) is 4.10. The van der Waals surface area contributed by atoms with Gasteiger partial charge in [0.15, 0.2) is 11.2 Å². The van der Waals surface area contributed by atoms with Crippen LogP contribution in [-0.2, 0) is 16.0 Å². The molecule has 0 aliphatic carbocycles. The highest BCUT2D eigenvalue weighted by atomic mass is 32.1. The molecule has 4 N–H and O–H groups in total. The fourth-order valence-electron chi connectivity index (χ4n) is 1.71.